The second kappa shape index (κ2) is 4.42. The average molecular weight is 244 g/mol. The third-order valence-electron chi connectivity index (χ3n) is 1.73. The molecule has 1 unspecified atom stereocenters. The van der Waals surface area contributed by atoms with E-state index in [-0.39, 0.29) is 0 Å². The van der Waals surface area contributed by atoms with E-state index in [4.69, 9.17) is 14.2 Å². The Morgan fingerprint density at radius 2 is 1.54 bits per heavy atom. The third-order valence-corrected chi connectivity index (χ3v) is 2.69. The van der Waals surface area contributed by atoms with Crippen LogP contribution in [0.1, 0.15) is 0 Å². The molecule has 13 heavy (non-hydrogen) atoms. The van der Waals surface area contributed by atoms with E-state index < -0.39 is 0 Å². The first-order valence-corrected chi connectivity index (χ1v) is 5.00. The van der Waals surface area contributed by atoms with Gasteiger partial charge in [0.2, 0.25) is 0 Å². The van der Waals surface area contributed by atoms with Gasteiger partial charge < -0.3 is 0 Å². The summed E-state index contributed by atoms with van der Waals surface area (Å²) in [4.78, 5) is 0. The Morgan fingerprint density at radius 1 is 0.923 bits per heavy atom. The van der Waals surface area contributed by atoms with Gasteiger partial charge in [-0.15, -0.1) is 0 Å². The monoisotopic (exact) mass is 244 g/mol. The molecular weight excluding hydrogens is 231 g/mol. The van der Waals surface area contributed by atoms with Crippen LogP contribution < -0.4 is 18.6 Å². The molecule has 1 aromatic rings. The molecule has 0 bridgehead atoms. The van der Waals surface area contributed by atoms with Crippen molar-refractivity contribution in [3.63, 3.8) is 0 Å². The minimum atomic E-state index is 0.659. The number of benzene rings is 1. The van der Waals surface area contributed by atoms with Crippen molar-refractivity contribution in [2.75, 3.05) is 21.3 Å². The number of hydrogen-bond donors (Lipinski definition) is 0. The molecule has 0 N–H and O–H groups in total. The van der Waals surface area contributed by atoms with Gasteiger partial charge in [-0.3, -0.25) is 0 Å². The molecule has 0 radical (unpaired) electrons. The number of ether oxygens (including phenoxy) is 3. The molecule has 1 aromatic carbocycles. The molecule has 0 aliphatic rings. The molecule has 0 saturated carbocycles. The standard InChI is InChI=1S/C9H13AsO3/c1-11-7-5-4-6(10)8(12-2)9(7)13-3/h4-5H,10H2,1-3H3. The van der Waals surface area contributed by atoms with Gasteiger partial charge in [0.15, 0.2) is 0 Å². The Kier molecular flexibility index (Phi) is 3.49. The number of hydrogen-bond acceptors (Lipinski definition) is 3. The van der Waals surface area contributed by atoms with E-state index in [1.54, 1.807) is 21.3 Å². The molecule has 72 valence electrons. The topological polar surface area (TPSA) is 27.7 Å². The van der Waals surface area contributed by atoms with Gasteiger partial charge in [0, 0.05) is 0 Å². The van der Waals surface area contributed by atoms with Gasteiger partial charge in [0.05, 0.1) is 0 Å². The van der Waals surface area contributed by atoms with E-state index >= 15 is 0 Å². The molecule has 1 atom stereocenters. The second-order valence-electron chi connectivity index (χ2n) is 2.42. The summed E-state index contributed by atoms with van der Waals surface area (Å²) in [5, 5.41) is 0. The maximum atomic E-state index is 5.22. The quantitative estimate of drug-likeness (QED) is 0.699. The minimum absolute atomic E-state index is 0.659. The second-order valence-corrected chi connectivity index (χ2v) is 3.73. The summed E-state index contributed by atoms with van der Waals surface area (Å²) in [5.74, 6) is 2.11. The van der Waals surface area contributed by atoms with Crippen LogP contribution in [0.2, 0.25) is 0 Å². The van der Waals surface area contributed by atoms with E-state index in [0.29, 0.717) is 11.5 Å². The first kappa shape index (κ1) is 10.3. The van der Waals surface area contributed by atoms with Crippen molar-refractivity contribution < 1.29 is 14.2 Å². The average Bonchev–Trinajstić information content (AvgIpc) is 2.17. The van der Waals surface area contributed by atoms with E-state index in [1.807, 2.05) is 12.1 Å². The fraction of sp³-hybridized carbons (Fsp3) is 0.333. The molecule has 3 nitrogen and oxygen atoms in total. The summed E-state index contributed by atoms with van der Waals surface area (Å²) in [6.07, 6.45) is 0. The molecule has 0 spiro atoms. The molecular formula is C9H13AsO3. The van der Waals surface area contributed by atoms with E-state index in [1.165, 1.54) is 16.9 Å². The zero-order valence-electron chi connectivity index (χ0n) is 7.96. The predicted molar refractivity (Wildman–Crippen MR) is 54.3 cm³/mol. The van der Waals surface area contributed by atoms with Gasteiger partial charge in [0.25, 0.3) is 0 Å². The molecule has 0 aliphatic heterocycles. The van der Waals surface area contributed by atoms with Crippen molar-refractivity contribution in [3.8, 4) is 17.2 Å². The summed E-state index contributed by atoms with van der Waals surface area (Å²) >= 11 is 1.50. The van der Waals surface area contributed by atoms with Crippen LogP contribution in [-0.2, 0) is 0 Å². The van der Waals surface area contributed by atoms with Gasteiger partial charge in [-0.2, -0.15) is 0 Å². The summed E-state index contributed by atoms with van der Waals surface area (Å²) in [5.41, 5.74) is 0. The molecule has 1 rings (SSSR count). The molecule has 0 aromatic heterocycles. The fourth-order valence-electron chi connectivity index (χ4n) is 1.12. The van der Waals surface area contributed by atoms with Crippen LogP contribution in [0.3, 0.4) is 0 Å². The first-order chi connectivity index (χ1) is 6.24. The Morgan fingerprint density at radius 3 is 2.00 bits per heavy atom. The number of methoxy groups -OCH3 is 3. The molecule has 0 heterocycles. The van der Waals surface area contributed by atoms with Crippen LogP contribution >= 0.6 is 0 Å². The Bertz CT molecular complexity index is 299. The van der Waals surface area contributed by atoms with Crippen molar-refractivity contribution in [3.05, 3.63) is 12.1 Å². The van der Waals surface area contributed by atoms with Gasteiger partial charge in [0.1, 0.15) is 0 Å². The van der Waals surface area contributed by atoms with Crippen LogP contribution in [0.4, 0.5) is 0 Å². The zero-order chi connectivity index (χ0) is 9.84. The predicted octanol–water partition coefficient (Wildman–Crippen LogP) is -0.0292. The van der Waals surface area contributed by atoms with Crippen LogP contribution in [-0.4, -0.2) is 38.2 Å². The maximum absolute atomic E-state index is 5.22. The molecule has 0 saturated heterocycles. The van der Waals surface area contributed by atoms with Crippen molar-refractivity contribution in [1.82, 2.24) is 0 Å². The van der Waals surface area contributed by atoms with Crippen molar-refractivity contribution in [2.45, 2.75) is 0 Å². The van der Waals surface area contributed by atoms with Gasteiger partial charge >= 0.3 is 86.1 Å². The number of rotatable bonds is 3. The normalized spacial score (nSPS) is 9.54. The summed E-state index contributed by atoms with van der Waals surface area (Å²) < 4.78 is 16.6. The van der Waals surface area contributed by atoms with Crippen molar-refractivity contribution in [1.29, 1.82) is 0 Å². The van der Waals surface area contributed by atoms with Crippen LogP contribution in [0.15, 0.2) is 12.1 Å². The first-order valence-electron chi connectivity index (χ1n) is 3.79. The van der Waals surface area contributed by atoms with E-state index in [0.717, 1.165) is 10.1 Å². The van der Waals surface area contributed by atoms with Gasteiger partial charge in [-0.25, -0.2) is 0 Å². The van der Waals surface area contributed by atoms with Crippen molar-refractivity contribution in [2.24, 2.45) is 0 Å². The SMILES string of the molecule is COc1ccc([AsH2])c(OC)c1OC. The van der Waals surface area contributed by atoms with Crippen LogP contribution in [0, 0.1) is 0 Å². The summed E-state index contributed by atoms with van der Waals surface area (Å²) in [7, 11) is 4.84. The molecule has 0 amide bonds. The summed E-state index contributed by atoms with van der Waals surface area (Å²) in [6.45, 7) is 0. The Hall–Kier alpha value is -0.822. The molecule has 0 fully saturated rings. The van der Waals surface area contributed by atoms with Gasteiger partial charge in [-0.1, -0.05) is 0 Å². The van der Waals surface area contributed by atoms with E-state index in [9.17, 15) is 0 Å². The Labute approximate surface area is 86.5 Å². The van der Waals surface area contributed by atoms with Gasteiger partial charge in [-0.05, 0) is 0 Å². The fourth-order valence-corrected chi connectivity index (χ4v) is 1.85. The Balaban J connectivity index is 3.27. The van der Waals surface area contributed by atoms with Crippen LogP contribution in [0.25, 0.3) is 0 Å². The zero-order valence-corrected chi connectivity index (χ0v) is 10.4. The van der Waals surface area contributed by atoms with E-state index in [2.05, 4.69) is 0 Å². The molecule has 4 heteroatoms. The van der Waals surface area contributed by atoms with Crippen LogP contribution in [0.5, 0.6) is 17.2 Å². The summed E-state index contributed by atoms with van der Waals surface area (Å²) in [6, 6.07) is 3.83. The molecule has 0 aliphatic carbocycles. The third kappa shape index (κ3) is 1.91. The van der Waals surface area contributed by atoms with Crippen molar-refractivity contribution >= 4 is 21.2 Å².